The highest BCUT2D eigenvalue weighted by Crippen LogP contribution is 2.37. The van der Waals surface area contributed by atoms with Gasteiger partial charge >= 0.3 is 0 Å². The van der Waals surface area contributed by atoms with E-state index in [1.165, 1.54) is 0 Å². The molecule has 6 nitrogen and oxygen atoms in total. The first kappa shape index (κ1) is 16.9. The zero-order chi connectivity index (χ0) is 18.8. The van der Waals surface area contributed by atoms with Gasteiger partial charge in [-0.25, -0.2) is 0 Å². The molecule has 3 N–H and O–H groups in total. The zero-order valence-electron chi connectivity index (χ0n) is 14.4. The van der Waals surface area contributed by atoms with Crippen molar-refractivity contribution >= 4 is 0 Å². The van der Waals surface area contributed by atoms with Crippen molar-refractivity contribution in [3.63, 3.8) is 0 Å². The summed E-state index contributed by atoms with van der Waals surface area (Å²) >= 11 is 0. The number of phenols is 3. The number of benzene rings is 3. The first-order valence-electron chi connectivity index (χ1n) is 8.44. The highest BCUT2D eigenvalue weighted by atomic mass is 16.5. The van der Waals surface area contributed by atoms with Crippen LogP contribution in [0.2, 0.25) is 0 Å². The van der Waals surface area contributed by atoms with Gasteiger partial charge in [0.25, 0.3) is 0 Å². The summed E-state index contributed by atoms with van der Waals surface area (Å²) in [6, 6.07) is 15.2. The molecule has 1 aliphatic rings. The Morgan fingerprint density at radius 3 is 1.07 bits per heavy atom. The Morgan fingerprint density at radius 2 is 0.778 bits per heavy atom. The van der Waals surface area contributed by atoms with Gasteiger partial charge < -0.3 is 29.5 Å². The number of fused-ring (bicyclic) bond motifs is 6. The molecule has 27 heavy (non-hydrogen) atoms. The van der Waals surface area contributed by atoms with Crippen LogP contribution in [-0.4, -0.2) is 15.3 Å². The molecule has 0 fully saturated rings. The molecule has 4 rings (SSSR count). The summed E-state index contributed by atoms with van der Waals surface area (Å²) in [5.41, 5.74) is 1.55. The Labute approximate surface area is 155 Å². The van der Waals surface area contributed by atoms with Crippen LogP contribution < -0.4 is 14.2 Å². The average Bonchev–Trinajstić information content (AvgIpc) is 2.67. The van der Waals surface area contributed by atoms with Gasteiger partial charge in [-0.1, -0.05) is 36.4 Å². The van der Waals surface area contributed by atoms with Gasteiger partial charge in [0.2, 0.25) is 0 Å². The van der Waals surface area contributed by atoms with Gasteiger partial charge in [0.05, 0.1) is 0 Å². The van der Waals surface area contributed by atoms with Gasteiger partial charge in [-0.2, -0.15) is 0 Å². The van der Waals surface area contributed by atoms with E-state index < -0.39 is 0 Å². The molecular formula is C21H18O6. The molecule has 3 aromatic carbocycles. The van der Waals surface area contributed by atoms with Gasteiger partial charge in [0, 0.05) is 16.7 Å². The average molecular weight is 366 g/mol. The third-order valence-electron chi connectivity index (χ3n) is 4.40. The first-order valence-corrected chi connectivity index (χ1v) is 8.44. The van der Waals surface area contributed by atoms with Crippen molar-refractivity contribution < 1.29 is 29.5 Å². The number of ether oxygens (including phenoxy) is 3. The quantitative estimate of drug-likeness (QED) is 0.560. The number of hydrogen-bond donors (Lipinski definition) is 3. The third-order valence-corrected chi connectivity index (χ3v) is 4.40. The van der Waals surface area contributed by atoms with E-state index in [0.29, 0.717) is 16.7 Å². The summed E-state index contributed by atoms with van der Waals surface area (Å²) in [5.74, 6) is 0.679. The Balaban J connectivity index is 1.79. The highest BCUT2D eigenvalue weighted by Gasteiger charge is 2.16. The molecular weight excluding hydrogens is 348 g/mol. The van der Waals surface area contributed by atoms with E-state index in [9.17, 15) is 15.3 Å². The number of para-hydroxylation sites is 3. The third kappa shape index (κ3) is 3.29. The van der Waals surface area contributed by atoms with Crippen LogP contribution in [0.1, 0.15) is 16.7 Å². The molecule has 0 atom stereocenters. The number of aromatic hydroxyl groups is 3. The molecule has 6 bridgehead atoms. The zero-order valence-corrected chi connectivity index (χ0v) is 14.4. The second kappa shape index (κ2) is 6.99. The van der Waals surface area contributed by atoms with E-state index in [2.05, 4.69) is 0 Å². The lowest BCUT2D eigenvalue weighted by Crippen LogP contribution is -2.00. The van der Waals surface area contributed by atoms with Gasteiger partial charge in [-0.15, -0.1) is 0 Å². The summed E-state index contributed by atoms with van der Waals surface area (Å²) in [6.07, 6.45) is 0. The monoisotopic (exact) mass is 366 g/mol. The van der Waals surface area contributed by atoms with Gasteiger partial charge in [0.15, 0.2) is 34.5 Å². The second-order valence-corrected chi connectivity index (χ2v) is 6.16. The predicted octanol–water partition coefficient (Wildman–Crippen LogP) is 3.85. The highest BCUT2D eigenvalue weighted by molar-refractivity contribution is 5.49. The lowest BCUT2D eigenvalue weighted by atomic mass is 10.2. The maximum Gasteiger partial charge on any atom is 0.164 e. The fourth-order valence-electron chi connectivity index (χ4n) is 2.87. The minimum Gasteiger partial charge on any atom is -0.504 e. The van der Waals surface area contributed by atoms with Crippen LogP contribution in [0.15, 0.2) is 54.6 Å². The lowest BCUT2D eigenvalue weighted by Gasteiger charge is -2.13. The van der Waals surface area contributed by atoms with Crippen LogP contribution in [-0.2, 0) is 19.8 Å². The van der Waals surface area contributed by atoms with Gasteiger partial charge in [-0.3, -0.25) is 0 Å². The molecule has 0 saturated carbocycles. The molecule has 138 valence electrons. The summed E-state index contributed by atoms with van der Waals surface area (Å²) in [7, 11) is 0. The Hall–Kier alpha value is -3.54. The van der Waals surface area contributed by atoms with Crippen molar-refractivity contribution in [3.05, 3.63) is 71.3 Å². The fraction of sp³-hybridized carbons (Fsp3) is 0.143. The van der Waals surface area contributed by atoms with Crippen LogP contribution in [0.3, 0.4) is 0 Å². The topological polar surface area (TPSA) is 88.4 Å². The molecule has 0 aromatic heterocycles. The molecule has 6 heteroatoms. The molecule has 0 saturated heterocycles. The number of rotatable bonds is 0. The normalized spacial score (nSPS) is 13.3. The molecule has 0 aliphatic carbocycles. The molecule has 0 unspecified atom stereocenters. The Bertz CT molecular complexity index is 788. The molecule has 0 amide bonds. The minimum atomic E-state index is -0.0464. The van der Waals surface area contributed by atoms with Crippen LogP contribution in [0.5, 0.6) is 34.5 Å². The van der Waals surface area contributed by atoms with Crippen molar-refractivity contribution in [3.8, 4) is 34.5 Å². The van der Waals surface area contributed by atoms with Crippen molar-refractivity contribution in [2.75, 3.05) is 0 Å². The van der Waals surface area contributed by atoms with Crippen molar-refractivity contribution in [2.24, 2.45) is 0 Å². The van der Waals surface area contributed by atoms with Crippen molar-refractivity contribution in [2.45, 2.75) is 19.8 Å². The summed E-state index contributed by atoms with van der Waals surface area (Å²) in [4.78, 5) is 0. The number of phenolic OH excluding ortho intramolecular Hbond substituents is 3. The Morgan fingerprint density at radius 1 is 0.481 bits per heavy atom. The summed E-state index contributed by atoms with van der Waals surface area (Å²) in [5, 5.41) is 31.4. The number of hydrogen-bond acceptors (Lipinski definition) is 6. The minimum absolute atomic E-state index is 0.0464. The SMILES string of the molecule is Oc1c2cccc1OCc1cccc(c1O)OCc1cccc(c1O)OC2. The predicted molar refractivity (Wildman–Crippen MR) is 97.3 cm³/mol. The van der Waals surface area contributed by atoms with E-state index in [4.69, 9.17) is 14.2 Å². The van der Waals surface area contributed by atoms with E-state index in [1.807, 2.05) is 0 Å². The second-order valence-electron chi connectivity index (χ2n) is 6.16. The van der Waals surface area contributed by atoms with E-state index in [0.717, 1.165) is 0 Å². The molecule has 0 radical (unpaired) electrons. The van der Waals surface area contributed by atoms with Gasteiger partial charge in [-0.05, 0) is 18.2 Å². The van der Waals surface area contributed by atoms with Crippen LogP contribution in [0.25, 0.3) is 0 Å². The largest absolute Gasteiger partial charge is 0.504 e. The van der Waals surface area contributed by atoms with E-state index in [1.54, 1.807) is 54.6 Å². The first-order chi connectivity index (χ1) is 13.1. The molecule has 3 aromatic rings. The summed E-state index contributed by atoms with van der Waals surface area (Å²) in [6.45, 7) is 0.166. The van der Waals surface area contributed by atoms with Gasteiger partial charge in [0.1, 0.15) is 19.8 Å². The van der Waals surface area contributed by atoms with Crippen molar-refractivity contribution in [1.82, 2.24) is 0 Å². The Kier molecular flexibility index (Phi) is 4.38. The maximum absolute atomic E-state index is 10.5. The van der Waals surface area contributed by atoms with Crippen LogP contribution in [0.4, 0.5) is 0 Å². The molecule has 1 aliphatic heterocycles. The van der Waals surface area contributed by atoms with E-state index >= 15 is 0 Å². The van der Waals surface area contributed by atoms with E-state index in [-0.39, 0.29) is 54.3 Å². The van der Waals surface area contributed by atoms with Crippen LogP contribution in [0, 0.1) is 0 Å². The van der Waals surface area contributed by atoms with Crippen LogP contribution >= 0.6 is 0 Å². The smallest absolute Gasteiger partial charge is 0.164 e. The van der Waals surface area contributed by atoms with Crippen molar-refractivity contribution in [1.29, 1.82) is 0 Å². The lowest BCUT2D eigenvalue weighted by molar-refractivity contribution is 0.267. The molecule has 1 heterocycles. The maximum atomic E-state index is 10.5. The fourth-order valence-corrected chi connectivity index (χ4v) is 2.87. The summed E-state index contributed by atoms with van der Waals surface area (Å²) < 4.78 is 17.0. The molecule has 0 spiro atoms. The standard InChI is InChI=1S/C21H18O6/c22-19-13-4-1-7-16(19)25-11-14-5-2-9-18(20(14)23)27-12-15-6-3-8-17(21(15)24)26-10-13/h1-9,22-24H,10-12H2.